The van der Waals surface area contributed by atoms with E-state index in [1.165, 1.54) is 11.1 Å². The highest BCUT2D eigenvalue weighted by Gasteiger charge is 2.44. The maximum atomic E-state index is 10.00. The van der Waals surface area contributed by atoms with E-state index in [0.717, 1.165) is 44.9 Å². The first kappa shape index (κ1) is 19.3. The molecule has 0 amide bonds. The van der Waals surface area contributed by atoms with Crippen LogP contribution in [-0.2, 0) is 12.0 Å². The zero-order valence-corrected chi connectivity index (χ0v) is 17.3. The lowest BCUT2D eigenvalue weighted by molar-refractivity contribution is -0.00558. The van der Waals surface area contributed by atoms with Crippen molar-refractivity contribution in [1.29, 1.82) is 0 Å². The summed E-state index contributed by atoms with van der Waals surface area (Å²) in [5.74, 6) is 1.87. The van der Waals surface area contributed by atoms with Crippen LogP contribution in [0.2, 0.25) is 0 Å². The van der Waals surface area contributed by atoms with E-state index in [-0.39, 0.29) is 5.41 Å². The summed E-state index contributed by atoms with van der Waals surface area (Å²) in [4.78, 5) is 5.26. The number of nitrogens with zero attached hydrogens (tertiary/aromatic N) is 2. The number of methoxy groups -OCH3 is 1. The van der Waals surface area contributed by atoms with E-state index in [1.54, 1.807) is 13.2 Å². The standard InChI is InChI=1S/C24H32N2O2/c1-18-15-26-11-10-25(16-19-6-4-9-23(12-19)28-3)17-21(26)14-24(18,2)20-7-5-8-22(27)13-20/h4-9,12-13,18,21,27H,10-11,14-17H2,1-3H3/t18-,21?,24+/m0/s1. The van der Waals surface area contributed by atoms with Crippen molar-refractivity contribution in [3.63, 3.8) is 0 Å². The minimum absolute atomic E-state index is 0.0961. The van der Waals surface area contributed by atoms with Crippen LogP contribution >= 0.6 is 0 Å². The predicted octanol–water partition coefficient (Wildman–Crippen LogP) is 3.88. The van der Waals surface area contributed by atoms with Crippen LogP contribution in [0.3, 0.4) is 0 Å². The fraction of sp³-hybridized carbons (Fsp3) is 0.500. The molecule has 4 heteroatoms. The van der Waals surface area contributed by atoms with E-state index >= 15 is 0 Å². The summed E-state index contributed by atoms with van der Waals surface area (Å²) in [6.45, 7) is 10.2. The van der Waals surface area contributed by atoms with Gasteiger partial charge in [-0.2, -0.15) is 0 Å². The van der Waals surface area contributed by atoms with Crippen molar-refractivity contribution in [3.8, 4) is 11.5 Å². The number of ether oxygens (including phenoxy) is 1. The van der Waals surface area contributed by atoms with E-state index < -0.39 is 0 Å². The van der Waals surface area contributed by atoms with Crippen molar-refractivity contribution >= 4 is 0 Å². The molecule has 0 saturated carbocycles. The van der Waals surface area contributed by atoms with Gasteiger partial charge in [-0.15, -0.1) is 0 Å². The van der Waals surface area contributed by atoms with Crippen LogP contribution in [0, 0.1) is 5.92 Å². The molecule has 28 heavy (non-hydrogen) atoms. The largest absolute Gasteiger partial charge is 0.508 e. The fourth-order valence-electron chi connectivity index (χ4n) is 5.07. The Morgan fingerprint density at radius 2 is 1.93 bits per heavy atom. The van der Waals surface area contributed by atoms with Gasteiger partial charge in [0.25, 0.3) is 0 Å². The molecule has 0 radical (unpaired) electrons. The first-order valence-electron chi connectivity index (χ1n) is 10.4. The lowest BCUT2D eigenvalue weighted by Crippen LogP contribution is -2.60. The number of phenols is 1. The average Bonchev–Trinajstić information content (AvgIpc) is 2.69. The van der Waals surface area contributed by atoms with Gasteiger partial charge in [-0.05, 0) is 53.1 Å². The zero-order valence-electron chi connectivity index (χ0n) is 17.3. The molecule has 0 aromatic heterocycles. The smallest absolute Gasteiger partial charge is 0.119 e. The third-order valence-corrected chi connectivity index (χ3v) is 6.99. The van der Waals surface area contributed by atoms with Gasteiger partial charge in [-0.25, -0.2) is 0 Å². The van der Waals surface area contributed by atoms with Crippen molar-refractivity contribution in [2.75, 3.05) is 33.3 Å². The van der Waals surface area contributed by atoms with Crippen molar-refractivity contribution in [1.82, 2.24) is 9.80 Å². The quantitative estimate of drug-likeness (QED) is 0.873. The van der Waals surface area contributed by atoms with Crippen molar-refractivity contribution in [2.24, 2.45) is 5.92 Å². The normalized spacial score (nSPS) is 28.7. The first-order chi connectivity index (χ1) is 13.5. The van der Waals surface area contributed by atoms with Crippen molar-refractivity contribution in [3.05, 3.63) is 59.7 Å². The van der Waals surface area contributed by atoms with Crippen LogP contribution in [0.4, 0.5) is 0 Å². The lowest BCUT2D eigenvalue weighted by atomic mass is 9.65. The molecule has 0 aliphatic carbocycles. The minimum atomic E-state index is 0.0961. The van der Waals surface area contributed by atoms with E-state index in [0.29, 0.717) is 17.7 Å². The SMILES string of the molecule is COc1cccc(CN2CCN3C[C@H](C)[C@](C)(c4cccc(O)c4)CC3C2)c1. The third-order valence-electron chi connectivity index (χ3n) is 6.99. The number of benzene rings is 2. The Hall–Kier alpha value is -2.04. The molecule has 4 rings (SSSR count). The van der Waals surface area contributed by atoms with Gasteiger partial charge < -0.3 is 9.84 Å². The summed E-state index contributed by atoms with van der Waals surface area (Å²) >= 11 is 0. The van der Waals surface area contributed by atoms with Gasteiger partial charge in [0.1, 0.15) is 11.5 Å². The molecule has 0 bridgehead atoms. The van der Waals surface area contributed by atoms with Crippen molar-refractivity contribution in [2.45, 2.75) is 38.3 Å². The Kier molecular flexibility index (Phi) is 5.35. The van der Waals surface area contributed by atoms with E-state index in [2.05, 4.69) is 47.9 Å². The molecule has 2 aromatic rings. The highest BCUT2D eigenvalue weighted by Crippen LogP contribution is 2.43. The third kappa shape index (κ3) is 3.76. The Balaban J connectivity index is 1.49. The average molecular weight is 381 g/mol. The molecular weight excluding hydrogens is 348 g/mol. The molecule has 2 fully saturated rings. The molecule has 2 aliphatic heterocycles. The van der Waals surface area contributed by atoms with Crippen molar-refractivity contribution < 1.29 is 9.84 Å². The molecule has 0 spiro atoms. The van der Waals surface area contributed by atoms with E-state index in [1.807, 2.05) is 18.2 Å². The molecule has 3 atom stereocenters. The predicted molar refractivity (Wildman–Crippen MR) is 113 cm³/mol. The number of phenolic OH excluding ortho intramolecular Hbond substituents is 1. The number of fused-ring (bicyclic) bond motifs is 1. The topological polar surface area (TPSA) is 35.9 Å². The van der Waals surface area contributed by atoms with Gasteiger partial charge in [-0.1, -0.05) is 38.1 Å². The summed E-state index contributed by atoms with van der Waals surface area (Å²) in [5, 5.41) is 10.00. The molecule has 2 aromatic carbocycles. The first-order valence-corrected chi connectivity index (χ1v) is 10.4. The van der Waals surface area contributed by atoms with Gasteiger partial charge in [0.05, 0.1) is 7.11 Å². The summed E-state index contributed by atoms with van der Waals surface area (Å²) in [5.41, 5.74) is 2.68. The van der Waals surface area contributed by atoms with Gasteiger partial charge in [0, 0.05) is 38.8 Å². The second-order valence-electron chi connectivity index (χ2n) is 8.81. The van der Waals surface area contributed by atoms with E-state index in [4.69, 9.17) is 4.74 Å². The fourth-order valence-corrected chi connectivity index (χ4v) is 5.07. The minimum Gasteiger partial charge on any atom is -0.508 e. The van der Waals surface area contributed by atoms with Crippen LogP contribution in [0.5, 0.6) is 11.5 Å². The second-order valence-corrected chi connectivity index (χ2v) is 8.81. The molecule has 150 valence electrons. The number of piperidine rings is 1. The number of hydrogen-bond acceptors (Lipinski definition) is 4. The molecule has 1 unspecified atom stereocenters. The number of aromatic hydroxyl groups is 1. The van der Waals surface area contributed by atoms with Gasteiger partial charge in [0.2, 0.25) is 0 Å². The molecule has 2 aliphatic rings. The molecule has 2 heterocycles. The summed E-state index contributed by atoms with van der Waals surface area (Å²) in [6.07, 6.45) is 1.13. The van der Waals surface area contributed by atoms with E-state index in [9.17, 15) is 5.11 Å². The Bertz CT molecular complexity index is 824. The number of rotatable bonds is 4. The zero-order chi connectivity index (χ0) is 19.7. The Morgan fingerprint density at radius 1 is 1.11 bits per heavy atom. The molecule has 1 N–H and O–H groups in total. The molecule has 2 saturated heterocycles. The van der Waals surface area contributed by atoms with Crippen LogP contribution in [0.1, 0.15) is 31.4 Å². The van der Waals surface area contributed by atoms with Gasteiger partial charge in [-0.3, -0.25) is 9.80 Å². The highest BCUT2D eigenvalue weighted by molar-refractivity contribution is 5.34. The number of hydrogen-bond donors (Lipinski definition) is 1. The second kappa shape index (κ2) is 7.76. The van der Waals surface area contributed by atoms with Crippen LogP contribution in [0.25, 0.3) is 0 Å². The number of piperazine rings is 1. The molecule has 4 nitrogen and oxygen atoms in total. The maximum absolute atomic E-state index is 10.00. The van der Waals surface area contributed by atoms with Gasteiger partial charge in [0.15, 0.2) is 0 Å². The van der Waals surface area contributed by atoms with Gasteiger partial charge >= 0.3 is 0 Å². The monoisotopic (exact) mass is 380 g/mol. The van der Waals surface area contributed by atoms with Crippen LogP contribution in [0.15, 0.2) is 48.5 Å². The Labute approximate surface area is 168 Å². The summed E-state index contributed by atoms with van der Waals surface area (Å²) in [6, 6.07) is 16.9. The lowest BCUT2D eigenvalue weighted by Gasteiger charge is -2.53. The summed E-state index contributed by atoms with van der Waals surface area (Å²) in [7, 11) is 1.73. The molecular formula is C24H32N2O2. The maximum Gasteiger partial charge on any atom is 0.119 e. The van der Waals surface area contributed by atoms with Crippen LogP contribution < -0.4 is 4.74 Å². The van der Waals surface area contributed by atoms with Crippen LogP contribution in [-0.4, -0.2) is 54.2 Å². The Morgan fingerprint density at radius 3 is 2.71 bits per heavy atom. The highest BCUT2D eigenvalue weighted by atomic mass is 16.5. The summed E-state index contributed by atoms with van der Waals surface area (Å²) < 4.78 is 5.38.